The number of methoxy groups -OCH3 is 1. The monoisotopic (exact) mass is 217 g/mol. The zero-order valence-electron chi connectivity index (χ0n) is 9.31. The van der Waals surface area contributed by atoms with Gasteiger partial charge in [-0.15, -0.1) is 0 Å². The van der Waals surface area contributed by atoms with E-state index in [0.29, 0.717) is 0 Å². The van der Waals surface area contributed by atoms with Crippen molar-refractivity contribution in [1.29, 1.82) is 0 Å². The lowest BCUT2D eigenvalue weighted by molar-refractivity contribution is 0.237. The number of hydrogen-bond acceptors (Lipinski definition) is 3. The molecule has 4 heteroatoms. The quantitative estimate of drug-likeness (QED) is 0.832. The van der Waals surface area contributed by atoms with Crippen molar-refractivity contribution in [3.8, 4) is 5.75 Å². The predicted octanol–water partition coefficient (Wildman–Crippen LogP) is 1.68. The summed E-state index contributed by atoms with van der Waals surface area (Å²) < 4.78 is 7.26. The topological polar surface area (TPSA) is 52.5 Å². The van der Waals surface area contributed by atoms with Gasteiger partial charge < -0.3 is 10.5 Å². The molecule has 3 rings (SSSR count). The minimum Gasteiger partial charge on any atom is -0.495 e. The summed E-state index contributed by atoms with van der Waals surface area (Å²) in [6.07, 6.45) is 7.04. The van der Waals surface area contributed by atoms with Gasteiger partial charge in [0.2, 0.25) is 0 Å². The molecule has 0 aliphatic heterocycles. The van der Waals surface area contributed by atoms with Crippen LogP contribution in [0.3, 0.4) is 0 Å². The van der Waals surface area contributed by atoms with Crippen molar-refractivity contribution in [2.45, 2.75) is 24.8 Å². The van der Waals surface area contributed by atoms with E-state index in [0.717, 1.165) is 29.9 Å². The standard InChI is InChI=1S/C12H15N3O/c1-16-10-4-3-9-7-14-11(15(9)8-10)12(13)5-2-6-12/h3-4,7-8H,2,5-6,13H2,1H3. The molecular formula is C12H15N3O. The van der Waals surface area contributed by atoms with Crippen molar-refractivity contribution in [3.05, 3.63) is 30.4 Å². The SMILES string of the molecule is COc1ccc2cnc(C3(N)CCC3)n2c1. The van der Waals surface area contributed by atoms with Crippen molar-refractivity contribution >= 4 is 5.52 Å². The highest BCUT2D eigenvalue weighted by Gasteiger charge is 2.37. The molecule has 0 amide bonds. The van der Waals surface area contributed by atoms with Crippen LogP contribution in [0.25, 0.3) is 5.52 Å². The predicted molar refractivity (Wildman–Crippen MR) is 61.5 cm³/mol. The zero-order chi connectivity index (χ0) is 11.2. The number of nitrogens with zero attached hydrogens (tertiary/aromatic N) is 2. The minimum atomic E-state index is -0.237. The molecule has 2 heterocycles. The maximum absolute atomic E-state index is 6.30. The third-order valence-corrected chi connectivity index (χ3v) is 3.43. The zero-order valence-corrected chi connectivity index (χ0v) is 9.31. The molecule has 2 aromatic rings. The van der Waals surface area contributed by atoms with E-state index < -0.39 is 0 Å². The molecule has 0 spiro atoms. The van der Waals surface area contributed by atoms with Crippen molar-refractivity contribution in [3.63, 3.8) is 0 Å². The highest BCUT2D eigenvalue weighted by Crippen LogP contribution is 2.38. The number of ether oxygens (including phenoxy) is 1. The van der Waals surface area contributed by atoms with E-state index in [9.17, 15) is 0 Å². The van der Waals surface area contributed by atoms with Crippen LogP contribution in [-0.2, 0) is 5.54 Å². The summed E-state index contributed by atoms with van der Waals surface area (Å²) in [4.78, 5) is 4.45. The van der Waals surface area contributed by atoms with Gasteiger partial charge in [0, 0.05) is 0 Å². The molecule has 0 radical (unpaired) electrons. The highest BCUT2D eigenvalue weighted by molar-refractivity contribution is 5.49. The van der Waals surface area contributed by atoms with Gasteiger partial charge in [-0.3, -0.25) is 4.40 Å². The Kier molecular flexibility index (Phi) is 1.94. The molecular weight excluding hydrogens is 202 g/mol. The number of pyridine rings is 1. The average Bonchev–Trinajstić information content (AvgIpc) is 2.68. The summed E-state index contributed by atoms with van der Waals surface area (Å²) in [5.74, 6) is 1.78. The van der Waals surface area contributed by atoms with Crippen LogP contribution in [-0.4, -0.2) is 16.5 Å². The molecule has 0 bridgehead atoms. The minimum absolute atomic E-state index is 0.237. The van der Waals surface area contributed by atoms with Crippen molar-refractivity contribution in [1.82, 2.24) is 9.38 Å². The van der Waals surface area contributed by atoms with Gasteiger partial charge in [0.1, 0.15) is 11.6 Å². The lowest BCUT2D eigenvalue weighted by atomic mass is 9.77. The lowest BCUT2D eigenvalue weighted by Gasteiger charge is -2.36. The molecule has 2 N–H and O–H groups in total. The van der Waals surface area contributed by atoms with Crippen LogP contribution in [0.15, 0.2) is 24.5 Å². The van der Waals surface area contributed by atoms with E-state index in [-0.39, 0.29) is 5.54 Å². The second-order valence-corrected chi connectivity index (χ2v) is 4.46. The normalized spacial score (nSPS) is 18.4. The fraction of sp³-hybridized carbons (Fsp3) is 0.417. The van der Waals surface area contributed by atoms with Gasteiger partial charge in [0.25, 0.3) is 0 Å². The lowest BCUT2D eigenvalue weighted by Crippen LogP contribution is -2.44. The molecule has 0 atom stereocenters. The van der Waals surface area contributed by atoms with E-state index in [2.05, 4.69) is 4.98 Å². The Balaban J connectivity index is 2.17. The first-order chi connectivity index (χ1) is 7.73. The molecule has 4 nitrogen and oxygen atoms in total. The molecule has 16 heavy (non-hydrogen) atoms. The summed E-state index contributed by atoms with van der Waals surface area (Å²) >= 11 is 0. The van der Waals surface area contributed by atoms with Crippen molar-refractivity contribution < 1.29 is 4.74 Å². The molecule has 0 saturated heterocycles. The molecule has 0 aromatic carbocycles. The van der Waals surface area contributed by atoms with Gasteiger partial charge in [-0.2, -0.15) is 0 Å². The molecule has 1 aliphatic carbocycles. The summed E-state index contributed by atoms with van der Waals surface area (Å²) in [5, 5.41) is 0. The van der Waals surface area contributed by atoms with Crippen molar-refractivity contribution in [2.24, 2.45) is 5.73 Å². The van der Waals surface area contributed by atoms with E-state index in [1.54, 1.807) is 7.11 Å². The maximum Gasteiger partial charge on any atom is 0.135 e. The number of fused-ring (bicyclic) bond motifs is 1. The van der Waals surface area contributed by atoms with Crippen LogP contribution in [0.5, 0.6) is 5.75 Å². The van der Waals surface area contributed by atoms with Crippen LogP contribution in [0.4, 0.5) is 0 Å². The Morgan fingerprint density at radius 1 is 1.44 bits per heavy atom. The Morgan fingerprint density at radius 3 is 2.88 bits per heavy atom. The molecule has 1 fully saturated rings. The Morgan fingerprint density at radius 2 is 2.25 bits per heavy atom. The largest absolute Gasteiger partial charge is 0.495 e. The number of rotatable bonds is 2. The fourth-order valence-corrected chi connectivity index (χ4v) is 2.24. The first kappa shape index (κ1) is 9.66. The Hall–Kier alpha value is -1.55. The molecule has 0 unspecified atom stereocenters. The van der Waals surface area contributed by atoms with E-state index in [1.807, 2.05) is 28.9 Å². The van der Waals surface area contributed by atoms with E-state index >= 15 is 0 Å². The molecule has 1 saturated carbocycles. The van der Waals surface area contributed by atoms with Crippen molar-refractivity contribution in [2.75, 3.05) is 7.11 Å². The van der Waals surface area contributed by atoms with Crippen LogP contribution in [0.1, 0.15) is 25.1 Å². The fourth-order valence-electron chi connectivity index (χ4n) is 2.24. The Labute approximate surface area is 94.0 Å². The summed E-state index contributed by atoms with van der Waals surface area (Å²) in [6.45, 7) is 0. The molecule has 2 aromatic heterocycles. The van der Waals surface area contributed by atoms with Gasteiger partial charge >= 0.3 is 0 Å². The van der Waals surface area contributed by atoms with Crippen LogP contribution >= 0.6 is 0 Å². The highest BCUT2D eigenvalue weighted by atomic mass is 16.5. The number of nitrogens with two attached hydrogens (primary N) is 1. The van der Waals surface area contributed by atoms with Gasteiger partial charge in [-0.1, -0.05) is 0 Å². The summed E-state index contributed by atoms with van der Waals surface area (Å²) in [7, 11) is 1.67. The first-order valence-corrected chi connectivity index (χ1v) is 5.53. The van der Waals surface area contributed by atoms with Gasteiger partial charge in [-0.25, -0.2) is 4.98 Å². The Bertz CT molecular complexity index is 528. The summed E-state index contributed by atoms with van der Waals surface area (Å²) in [6, 6.07) is 3.93. The van der Waals surface area contributed by atoms with Crippen LogP contribution in [0, 0.1) is 0 Å². The number of aromatic nitrogens is 2. The molecule has 84 valence electrons. The van der Waals surface area contributed by atoms with E-state index in [1.165, 1.54) is 6.42 Å². The van der Waals surface area contributed by atoms with Gasteiger partial charge in [0.15, 0.2) is 0 Å². The first-order valence-electron chi connectivity index (χ1n) is 5.53. The van der Waals surface area contributed by atoms with Gasteiger partial charge in [0.05, 0.1) is 30.6 Å². The third-order valence-electron chi connectivity index (χ3n) is 3.43. The maximum atomic E-state index is 6.30. The van der Waals surface area contributed by atoms with Crippen LogP contribution < -0.4 is 10.5 Å². The van der Waals surface area contributed by atoms with Crippen LogP contribution in [0.2, 0.25) is 0 Å². The van der Waals surface area contributed by atoms with Gasteiger partial charge in [-0.05, 0) is 31.4 Å². The van der Waals surface area contributed by atoms with E-state index in [4.69, 9.17) is 10.5 Å². The average molecular weight is 217 g/mol. The second-order valence-electron chi connectivity index (χ2n) is 4.46. The smallest absolute Gasteiger partial charge is 0.135 e. The second kappa shape index (κ2) is 3.22. The molecule has 1 aliphatic rings. The number of imidazole rings is 1. The third kappa shape index (κ3) is 1.23. The summed E-state index contributed by atoms with van der Waals surface area (Å²) in [5.41, 5.74) is 7.13. The number of hydrogen-bond donors (Lipinski definition) is 1.